The fourth-order valence-corrected chi connectivity index (χ4v) is 4.76. The fourth-order valence-electron chi connectivity index (χ4n) is 4.27. The Morgan fingerprint density at radius 1 is 1.06 bits per heavy atom. The number of likely N-dealkylation sites (N-methyl/N-ethyl adjacent to an activating group) is 1. The van der Waals surface area contributed by atoms with E-state index in [0.717, 1.165) is 25.2 Å². The Labute approximate surface area is 201 Å². The molecule has 1 saturated heterocycles. The second-order valence-corrected chi connectivity index (χ2v) is 9.64. The van der Waals surface area contributed by atoms with Crippen molar-refractivity contribution in [3.8, 4) is 0 Å². The van der Waals surface area contributed by atoms with Crippen LogP contribution in [0.25, 0.3) is 0 Å². The van der Waals surface area contributed by atoms with E-state index < -0.39 is 29.0 Å². The molecule has 2 amide bonds. The molecule has 2 fully saturated rings. The molecule has 1 aliphatic heterocycles. The molecule has 0 bridgehead atoms. The lowest BCUT2D eigenvalue weighted by atomic mass is 9.93. The van der Waals surface area contributed by atoms with Crippen molar-refractivity contribution in [1.29, 1.82) is 0 Å². The highest BCUT2D eigenvalue weighted by Gasteiger charge is 2.53. The molecule has 5 nitrogen and oxygen atoms in total. The minimum atomic E-state index is -1.10. The molecule has 1 N–H and O–H groups in total. The summed E-state index contributed by atoms with van der Waals surface area (Å²) < 4.78 is 27.9. The van der Waals surface area contributed by atoms with Crippen LogP contribution < -0.4 is 5.32 Å². The van der Waals surface area contributed by atoms with Gasteiger partial charge in [-0.1, -0.05) is 35.3 Å². The molecular weight excluding hydrogens is 471 g/mol. The first kappa shape index (κ1) is 23.9. The Bertz CT molecular complexity index is 1070. The van der Waals surface area contributed by atoms with Gasteiger partial charge in [-0.3, -0.25) is 9.59 Å². The van der Waals surface area contributed by atoms with Gasteiger partial charge in [-0.25, -0.2) is 8.78 Å². The van der Waals surface area contributed by atoms with Crippen LogP contribution in [-0.4, -0.2) is 60.9 Å². The first-order valence-corrected chi connectivity index (χ1v) is 11.6. The molecule has 1 saturated carbocycles. The minimum Gasteiger partial charge on any atom is -0.343 e. The van der Waals surface area contributed by atoms with Crippen molar-refractivity contribution in [3.05, 3.63) is 69.2 Å². The molecule has 33 heavy (non-hydrogen) atoms. The minimum absolute atomic E-state index is 0.150. The molecule has 1 heterocycles. The van der Waals surface area contributed by atoms with Crippen LogP contribution >= 0.6 is 23.2 Å². The number of piperazine rings is 1. The zero-order valence-electron chi connectivity index (χ0n) is 18.2. The van der Waals surface area contributed by atoms with Crippen LogP contribution in [0.4, 0.5) is 8.78 Å². The van der Waals surface area contributed by atoms with Crippen LogP contribution in [0.2, 0.25) is 10.0 Å². The summed E-state index contributed by atoms with van der Waals surface area (Å²) in [5.74, 6) is -2.11. The van der Waals surface area contributed by atoms with Crippen molar-refractivity contribution in [2.45, 2.75) is 30.7 Å². The summed E-state index contributed by atoms with van der Waals surface area (Å²) in [6, 6.07) is 7.36. The molecule has 0 radical (unpaired) electrons. The van der Waals surface area contributed by atoms with Crippen LogP contribution in [-0.2, 0) is 21.4 Å². The first-order chi connectivity index (χ1) is 15.7. The number of halogens is 4. The van der Waals surface area contributed by atoms with Gasteiger partial charge in [-0.15, -0.1) is 0 Å². The Morgan fingerprint density at radius 3 is 2.36 bits per heavy atom. The maximum atomic E-state index is 14.5. The van der Waals surface area contributed by atoms with E-state index in [9.17, 15) is 18.4 Å². The number of carbonyl (C=O) groups is 2. The predicted octanol–water partition coefficient (Wildman–Crippen LogP) is 3.80. The Kier molecular flexibility index (Phi) is 6.93. The highest BCUT2D eigenvalue weighted by atomic mass is 35.5. The number of carbonyl (C=O) groups excluding carboxylic acids is 2. The largest absolute Gasteiger partial charge is 0.343 e. The SMILES string of the molecule is CN1CCN(C(=O)C(Cc2ccc(Cl)cc2Cl)NC(=O)C2(c3ccc(F)cc3F)CC2)CC1. The van der Waals surface area contributed by atoms with Crippen LogP contribution in [0, 0.1) is 11.6 Å². The van der Waals surface area contributed by atoms with E-state index >= 15 is 0 Å². The standard InChI is InChI=1S/C24H25Cl2F2N3O2/c1-30-8-10-31(11-9-30)22(32)21(12-15-2-3-16(25)13-19(15)26)29-23(33)24(6-7-24)18-5-4-17(27)14-20(18)28/h2-5,13-14,21H,6-12H2,1H3,(H,29,33). The van der Waals surface area contributed by atoms with Gasteiger partial charge >= 0.3 is 0 Å². The molecule has 2 aromatic carbocycles. The van der Waals surface area contributed by atoms with Crippen LogP contribution in [0.5, 0.6) is 0 Å². The average Bonchev–Trinajstić information content (AvgIpc) is 3.57. The van der Waals surface area contributed by atoms with Crippen molar-refractivity contribution in [3.63, 3.8) is 0 Å². The van der Waals surface area contributed by atoms with Gasteiger partial charge in [0.1, 0.15) is 17.7 Å². The smallest absolute Gasteiger partial charge is 0.245 e. The summed E-state index contributed by atoms with van der Waals surface area (Å²) in [6.07, 6.45) is 1.03. The molecule has 0 spiro atoms. The number of hydrogen-bond acceptors (Lipinski definition) is 3. The topological polar surface area (TPSA) is 52.6 Å². The van der Waals surface area contributed by atoms with Crippen molar-refractivity contribution in [2.24, 2.45) is 0 Å². The van der Waals surface area contributed by atoms with Crippen LogP contribution in [0.1, 0.15) is 24.0 Å². The predicted molar refractivity (Wildman–Crippen MR) is 123 cm³/mol. The third kappa shape index (κ3) is 5.15. The number of nitrogens with zero attached hydrogens (tertiary/aromatic N) is 2. The monoisotopic (exact) mass is 495 g/mol. The highest BCUT2D eigenvalue weighted by molar-refractivity contribution is 6.35. The van der Waals surface area contributed by atoms with Crippen molar-refractivity contribution in [2.75, 3.05) is 33.2 Å². The second-order valence-electron chi connectivity index (χ2n) is 8.80. The van der Waals surface area contributed by atoms with E-state index in [1.807, 2.05) is 7.05 Å². The number of benzene rings is 2. The first-order valence-electron chi connectivity index (χ1n) is 10.9. The van der Waals surface area contributed by atoms with Gasteiger partial charge in [0, 0.05) is 54.3 Å². The molecule has 1 atom stereocenters. The van der Waals surface area contributed by atoms with Gasteiger partial charge in [0.15, 0.2) is 0 Å². The van der Waals surface area contributed by atoms with Gasteiger partial charge < -0.3 is 15.1 Å². The van der Waals surface area contributed by atoms with Crippen molar-refractivity contribution in [1.82, 2.24) is 15.1 Å². The van der Waals surface area contributed by atoms with E-state index in [2.05, 4.69) is 10.2 Å². The lowest BCUT2D eigenvalue weighted by Gasteiger charge is -2.35. The zero-order chi connectivity index (χ0) is 23.8. The molecule has 176 valence electrons. The molecule has 2 aromatic rings. The van der Waals surface area contributed by atoms with Crippen molar-refractivity contribution < 1.29 is 18.4 Å². The van der Waals surface area contributed by atoms with E-state index in [-0.39, 0.29) is 17.9 Å². The Hall–Kier alpha value is -2.22. The van der Waals surface area contributed by atoms with E-state index in [1.165, 1.54) is 6.07 Å². The molecular formula is C24H25Cl2F2N3O2. The number of nitrogens with one attached hydrogen (secondary N) is 1. The summed E-state index contributed by atoms with van der Waals surface area (Å²) in [6.45, 7) is 2.57. The lowest BCUT2D eigenvalue weighted by Crippen LogP contribution is -2.56. The van der Waals surface area contributed by atoms with Crippen LogP contribution in [0.15, 0.2) is 36.4 Å². The number of hydrogen-bond donors (Lipinski definition) is 1. The highest BCUT2D eigenvalue weighted by Crippen LogP contribution is 2.49. The molecule has 9 heteroatoms. The maximum Gasteiger partial charge on any atom is 0.245 e. The quantitative estimate of drug-likeness (QED) is 0.662. The van der Waals surface area contributed by atoms with Gasteiger partial charge in [-0.2, -0.15) is 0 Å². The van der Waals surface area contributed by atoms with E-state index in [1.54, 1.807) is 23.1 Å². The van der Waals surface area contributed by atoms with Crippen LogP contribution in [0.3, 0.4) is 0 Å². The van der Waals surface area contributed by atoms with E-state index in [4.69, 9.17) is 23.2 Å². The number of amides is 2. The van der Waals surface area contributed by atoms with Gasteiger partial charge in [0.05, 0.1) is 5.41 Å². The van der Waals surface area contributed by atoms with Gasteiger partial charge in [0.2, 0.25) is 11.8 Å². The summed E-state index contributed by atoms with van der Waals surface area (Å²) in [5, 5.41) is 3.74. The lowest BCUT2D eigenvalue weighted by molar-refractivity contribution is -0.138. The molecule has 2 aliphatic rings. The molecule has 0 aromatic heterocycles. The zero-order valence-corrected chi connectivity index (χ0v) is 19.7. The Balaban J connectivity index is 1.58. The Morgan fingerprint density at radius 2 is 1.76 bits per heavy atom. The molecule has 1 aliphatic carbocycles. The van der Waals surface area contributed by atoms with Gasteiger partial charge in [0.25, 0.3) is 0 Å². The average molecular weight is 496 g/mol. The fraction of sp³-hybridized carbons (Fsp3) is 0.417. The van der Waals surface area contributed by atoms with E-state index in [0.29, 0.717) is 41.5 Å². The maximum absolute atomic E-state index is 14.5. The molecule has 4 rings (SSSR count). The third-order valence-corrected chi connectivity index (χ3v) is 7.08. The third-order valence-electron chi connectivity index (χ3n) is 6.49. The summed E-state index contributed by atoms with van der Waals surface area (Å²) in [7, 11) is 1.99. The summed E-state index contributed by atoms with van der Waals surface area (Å²) >= 11 is 12.3. The van der Waals surface area contributed by atoms with Gasteiger partial charge in [-0.05, 0) is 43.7 Å². The second kappa shape index (κ2) is 9.57. The normalized spacial score (nSPS) is 18.6. The number of rotatable bonds is 6. The molecule has 1 unspecified atom stereocenters. The van der Waals surface area contributed by atoms with Crippen molar-refractivity contribution >= 4 is 35.0 Å². The summed E-state index contributed by atoms with van der Waals surface area (Å²) in [4.78, 5) is 30.6. The summed E-state index contributed by atoms with van der Waals surface area (Å²) in [5.41, 5.74) is -0.272.